The van der Waals surface area contributed by atoms with Crippen LogP contribution in [-0.2, 0) is 4.74 Å². The summed E-state index contributed by atoms with van der Waals surface area (Å²) in [6.45, 7) is 6.28. The van der Waals surface area contributed by atoms with Crippen LogP contribution >= 0.6 is 11.3 Å². The Bertz CT molecular complexity index is 865. The number of rotatable bonds is 6. The minimum Gasteiger partial charge on any atom is -0.449 e. The van der Waals surface area contributed by atoms with Gasteiger partial charge < -0.3 is 21.1 Å². The highest BCUT2D eigenvalue weighted by atomic mass is 32.1. The van der Waals surface area contributed by atoms with Crippen LogP contribution in [0.1, 0.15) is 56.8 Å². The first-order valence-corrected chi connectivity index (χ1v) is 11.1. The smallest absolute Gasteiger partial charge is 0.407 e. The summed E-state index contributed by atoms with van der Waals surface area (Å²) in [5.41, 5.74) is 7.33. The molecule has 7 nitrogen and oxygen atoms in total. The second kappa shape index (κ2) is 9.47. The molecule has 30 heavy (non-hydrogen) atoms. The van der Waals surface area contributed by atoms with Crippen molar-refractivity contribution in [2.24, 2.45) is 11.7 Å². The molecule has 0 unspecified atom stereocenters. The zero-order chi connectivity index (χ0) is 21.7. The number of alkyl carbamates (subject to hydrolysis) is 1. The highest BCUT2D eigenvalue weighted by molar-refractivity contribution is 7.14. The number of amides is 2. The Kier molecular flexibility index (Phi) is 6.97. The van der Waals surface area contributed by atoms with E-state index in [0.29, 0.717) is 24.1 Å². The van der Waals surface area contributed by atoms with Crippen molar-refractivity contribution in [3.8, 4) is 11.3 Å². The number of ether oxygens (including phenoxy) is 1. The van der Waals surface area contributed by atoms with Crippen molar-refractivity contribution in [2.45, 2.75) is 58.0 Å². The highest BCUT2D eigenvalue weighted by Crippen LogP contribution is 2.30. The molecular weight excluding hydrogens is 400 g/mol. The van der Waals surface area contributed by atoms with E-state index < -0.39 is 5.91 Å². The fourth-order valence-electron chi connectivity index (χ4n) is 3.46. The van der Waals surface area contributed by atoms with Crippen molar-refractivity contribution in [1.82, 2.24) is 10.3 Å². The number of benzene rings is 1. The molecule has 0 aliphatic heterocycles. The maximum absolute atomic E-state index is 11.8. The fourth-order valence-corrected chi connectivity index (χ4v) is 4.26. The summed E-state index contributed by atoms with van der Waals surface area (Å²) in [5.74, 6) is -0.0255. The molecule has 1 fully saturated rings. The number of anilines is 1. The Morgan fingerprint density at radius 2 is 1.83 bits per heavy atom. The topological polar surface area (TPSA) is 106 Å². The molecule has 8 heteroatoms. The molecule has 1 aliphatic rings. The van der Waals surface area contributed by atoms with Crippen LogP contribution in [0, 0.1) is 5.92 Å². The Balaban J connectivity index is 1.44. The molecule has 1 heterocycles. The van der Waals surface area contributed by atoms with E-state index in [0.717, 1.165) is 42.1 Å². The van der Waals surface area contributed by atoms with Gasteiger partial charge in [-0.3, -0.25) is 4.79 Å². The van der Waals surface area contributed by atoms with Gasteiger partial charge in [-0.15, -0.1) is 11.3 Å². The molecule has 0 spiro atoms. The number of hydrogen-bond acceptors (Lipinski definition) is 6. The van der Waals surface area contributed by atoms with Crippen molar-refractivity contribution in [3.63, 3.8) is 0 Å². The van der Waals surface area contributed by atoms with Gasteiger partial charge in [-0.05, 0) is 64.5 Å². The van der Waals surface area contributed by atoms with Gasteiger partial charge in [0.1, 0.15) is 0 Å². The van der Waals surface area contributed by atoms with E-state index in [1.165, 1.54) is 0 Å². The Morgan fingerprint density at radius 1 is 1.17 bits per heavy atom. The van der Waals surface area contributed by atoms with Crippen LogP contribution in [0.15, 0.2) is 29.6 Å². The lowest BCUT2D eigenvalue weighted by Crippen LogP contribution is -2.41. The highest BCUT2D eigenvalue weighted by Gasteiger charge is 2.24. The van der Waals surface area contributed by atoms with Crippen molar-refractivity contribution in [3.05, 3.63) is 35.2 Å². The maximum atomic E-state index is 11.8. The first kappa shape index (κ1) is 22.1. The van der Waals surface area contributed by atoms with E-state index in [2.05, 4.69) is 15.6 Å². The number of primary amides is 1. The van der Waals surface area contributed by atoms with Gasteiger partial charge in [0.2, 0.25) is 5.91 Å². The van der Waals surface area contributed by atoms with Crippen LogP contribution in [0.5, 0.6) is 0 Å². The van der Waals surface area contributed by atoms with Crippen LogP contribution in [0.2, 0.25) is 0 Å². The zero-order valence-electron chi connectivity index (χ0n) is 17.7. The minimum absolute atomic E-state index is 0.283. The number of aromatic nitrogens is 1. The summed E-state index contributed by atoms with van der Waals surface area (Å²) in [5, 5.41) is 9.26. The van der Waals surface area contributed by atoms with Crippen molar-refractivity contribution >= 4 is 28.5 Å². The first-order valence-electron chi connectivity index (χ1n) is 10.3. The molecule has 1 aromatic heterocycles. The maximum Gasteiger partial charge on any atom is 0.407 e. The number of hydrogen-bond donors (Lipinski definition) is 3. The number of nitrogens with zero attached hydrogens (tertiary/aromatic N) is 1. The van der Waals surface area contributed by atoms with Gasteiger partial charge in [0.15, 0.2) is 5.13 Å². The molecule has 0 bridgehead atoms. The number of thiazole rings is 1. The summed E-state index contributed by atoms with van der Waals surface area (Å²) in [6.07, 6.45) is 3.75. The lowest BCUT2D eigenvalue weighted by molar-refractivity contribution is 0.0999. The lowest BCUT2D eigenvalue weighted by Gasteiger charge is -2.29. The third kappa shape index (κ3) is 6.45. The summed E-state index contributed by atoms with van der Waals surface area (Å²) in [7, 11) is 0. The summed E-state index contributed by atoms with van der Waals surface area (Å²) < 4.78 is 5.38. The van der Waals surface area contributed by atoms with Crippen LogP contribution < -0.4 is 16.4 Å². The van der Waals surface area contributed by atoms with E-state index in [-0.39, 0.29) is 11.6 Å². The van der Waals surface area contributed by atoms with E-state index in [1.54, 1.807) is 23.5 Å². The van der Waals surface area contributed by atoms with Gasteiger partial charge in [0.05, 0.1) is 12.3 Å². The standard InChI is InChI=1S/C22H30N4O3S/c1-22(2,3)26-21(28)29-12-14-4-10-17(11-5-14)24-20-25-18(13-30-20)15-6-8-16(9-7-15)19(23)27/h6-9,13-14,17H,4-5,10-12H2,1-3H3,(H2,23,27)(H,24,25)(H,26,28). The predicted molar refractivity (Wildman–Crippen MR) is 120 cm³/mol. The molecule has 2 amide bonds. The van der Waals surface area contributed by atoms with Gasteiger partial charge in [-0.25, -0.2) is 9.78 Å². The minimum atomic E-state index is -0.432. The first-order chi connectivity index (χ1) is 14.2. The number of carbonyl (C=O) groups is 2. The molecular formula is C22H30N4O3S. The SMILES string of the molecule is CC(C)(C)NC(=O)OCC1CCC(Nc2nc(-c3ccc(C(N)=O)cc3)cs2)CC1. The van der Waals surface area contributed by atoms with Crippen LogP contribution in [0.3, 0.4) is 0 Å². The molecule has 162 valence electrons. The predicted octanol–water partition coefficient (Wildman–Crippen LogP) is 4.40. The Labute approximate surface area is 181 Å². The third-order valence-corrected chi connectivity index (χ3v) is 5.84. The summed E-state index contributed by atoms with van der Waals surface area (Å²) >= 11 is 1.58. The quantitative estimate of drug-likeness (QED) is 0.630. The number of carbonyl (C=O) groups excluding carboxylic acids is 2. The molecule has 3 rings (SSSR count). The molecule has 4 N–H and O–H groups in total. The van der Waals surface area contributed by atoms with E-state index >= 15 is 0 Å². The van der Waals surface area contributed by atoms with E-state index in [9.17, 15) is 9.59 Å². The second-order valence-electron chi connectivity index (χ2n) is 8.81. The van der Waals surface area contributed by atoms with Crippen molar-refractivity contribution in [2.75, 3.05) is 11.9 Å². The average molecular weight is 431 g/mol. The monoisotopic (exact) mass is 430 g/mol. The molecule has 1 saturated carbocycles. The van der Waals surface area contributed by atoms with E-state index in [4.69, 9.17) is 10.5 Å². The zero-order valence-corrected chi connectivity index (χ0v) is 18.6. The number of nitrogens with two attached hydrogens (primary N) is 1. The van der Waals surface area contributed by atoms with Gasteiger partial charge >= 0.3 is 6.09 Å². The second-order valence-corrected chi connectivity index (χ2v) is 9.67. The van der Waals surface area contributed by atoms with Gasteiger partial charge in [-0.2, -0.15) is 0 Å². The van der Waals surface area contributed by atoms with Crippen LogP contribution in [0.25, 0.3) is 11.3 Å². The molecule has 1 aromatic carbocycles. The normalized spacial score (nSPS) is 19.2. The van der Waals surface area contributed by atoms with Gasteiger partial charge in [0.25, 0.3) is 0 Å². The molecule has 0 saturated heterocycles. The summed E-state index contributed by atoms with van der Waals surface area (Å²) in [6, 6.07) is 7.53. The molecule has 0 atom stereocenters. The van der Waals surface area contributed by atoms with Gasteiger partial charge in [-0.1, -0.05) is 12.1 Å². The lowest BCUT2D eigenvalue weighted by atomic mass is 9.86. The van der Waals surface area contributed by atoms with Crippen LogP contribution in [-0.4, -0.2) is 35.2 Å². The largest absolute Gasteiger partial charge is 0.449 e. The van der Waals surface area contributed by atoms with Crippen molar-refractivity contribution in [1.29, 1.82) is 0 Å². The number of nitrogens with one attached hydrogen (secondary N) is 2. The molecule has 0 radical (unpaired) electrons. The Hall–Kier alpha value is -2.61. The molecule has 1 aliphatic carbocycles. The Morgan fingerprint density at radius 3 is 2.43 bits per heavy atom. The van der Waals surface area contributed by atoms with E-state index in [1.807, 2.05) is 38.3 Å². The summed E-state index contributed by atoms with van der Waals surface area (Å²) in [4.78, 5) is 27.7. The van der Waals surface area contributed by atoms with Crippen LogP contribution in [0.4, 0.5) is 9.93 Å². The average Bonchev–Trinajstić information content (AvgIpc) is 3.15. The fraction of sp³-hybridized carbons (Fsp3) is 0.500. The van der Waals surface area contributed by atoms with Gasteiger partial charge in [0, 0.05) is 28.1 Å². The third-order valence-electron chi connectivity index (χ3n) is 5.07. The van der Waals surface area contributed by atoms with Crippen molar-refractivity contribution < 1.29 is 14.3 Å². The molecule has 2 aromatic rings.